The van der Waals surface area contributed by atoms with E-state index in [9.17, 15) is 19.2 Å². The Morgan fingerprint density at radius 3 is 2.33 bits per heavy atom. The molecule has 7 nitrogen and oxygen atoms in total. The number of anilines is 1. The van der Waals surface area contributed by atoms with Crippen LogP contribution in [0.2, 0.25) is 0 Å². The molecule has 0 saturated heterocycles. The number of aryl methyl sites for hydroxylation is 1. The highest BCUT2D eigenvalue weighted by Crippen LogP contribution is 2.34. The fourth-order valence-electron chi connectivity index (χ4n) is 2.88. The molecule has 8 heteroatoms. The predicted molar refractivity (Wildman–Crippen MR) is 114 cm³/mol. The van der Waals surface area contributed by atoms with Gasteiger partial charge in [-0.05, 0) is 25.8 Å². The molecule has 1 heterocycles. The van der Waals surface area contributed by atoms with Gasteiger partial charge in [-0.3, -0.25) is 14.4 Å². The number of nitrogens with one attached hydrogen (secondary N) is 1. The Labute approximate surface area is 179 Å². The minimum Gasteiger partial charge on any atom is -0.462 e. The number of benzene rings is 1. The third-order valence-electron chi connectivity index (χ3n) is 4.31. The van der Waals surface area contributed by atoms with Crippen LogP contribution in [0.15, 0.2) is 30.3 Å². The minimum absolute atomic E-state index is 0.00144. The average Bonchev–Trinajstić information content (AvgIpc) is 3.05. The lowest BCUT2D eigenvalue weighted by molar-refractivity contribution is -0.147. The molecule has 0 unspecified atom stereocenters. The number of Topliss-reactive ketones (excluding diaryl/α,β-unsaturated/α-hetero) is 1. The Balaban J connectivity index is 1.89. The zero-order valence-corrected chi connectivity index (χ0v) is 18.1. The molecular formula is C22H25NO6S. The van der Waals surface area contributed by atoms with Crippen LogP contribution in [-0.4, -0.2) is 36.8 Å². The van der Waals surface area contributed by atoms with Crippen molar-refractivity contribution < 1.29 is 28.7 Å². The van der Waals surface area contributed by atoms with E-state index in [4.69, 9.17) is 9.47 Å². The number of thiophene rings is 1. The molecule has 30 heavy (non-hydrogen) atoms. The molecule has 2 aromatic rings. The van der Waals surface area contributed by atoms with Crippen LogP contribution in [0.25, 0.3) is 0 Å². The van der Waals surface area contributed by atoms with Crippen LogP contribution in [0.3, 0.4) is 0 Å². The van der Waals surface area contributed by atoms with Crippen LogP contribution in [0.5, 0.6) is 0 Å². The van der Waals surface area contributed by atoms with E-state index in [1.807, 2.05) is 13.8 Å². The lowest BCUT2D eigenvalue weighted by Gasteiger charge is -2.08. The third kappa shape index (κ3) is 6.25. The number of amides is 1. The molecule has 0 radical (unpaired) electrons. The molecule has 0 aliphatic carbocycles. The van der Waals surface area contributed by atoms with Gasteiger partial charge in [-0.1, -0.05) is 37.3 Å². The van der Waals surface area contributed by atoms with Gasteiger partial charge in [0.05, 0.1) is 18.6 Å². The molecule has 1 aromatic carbocycles. The maximum Gasteiger partial charge on any atom is 0.341 e. The summed E-state index contributed by atoms with van der Waals surface area (Å²) in [6.07, 6.45) is 0.505. The van der Waals surface area contributed by atoms with Gasteiger partial charge in [0.1, 0.15) is 5.00 Å². The maximum absolute atomic E-state index is 12.3. The van der Waals surface area contributed by atoms with Crippen molar-refractivity contribution in [3.63, 3.8) is 0 Å². The van der Waals surface area contributed by atoms with Gasteiger partial charge in [0.15, 0.2) is 12.4 Å². The summed E-state index contributed by atoms with van der Waals surface area (Å²) < 4.78 is 10.1. The summed E-state index contributed by atoms with van der Waals surface area (Å²) in [5.41, 5.74) is 1.69. The second kappa shape index (κ2) is 11.3. The number of rotatable bonds is 10. The van der Waals surface area contributed by atoms with Gasteiger partial charge in [-0.15, -0.1) is 11.3 Å². The molecule has 0 atom stereocenters. The van der Waals surface area contributed by atoms with E-state index >= 15 is 0 Å². The maximum atomic E-state index is 12.3. The summed E-state index contributed by atoms with van der Waals surface area (Å²) in [4.78, 5) is 49.3. The van der Waals surface area contributed by atoms with Crippen molar-refractivity contribution in [3.8, 4) is 0 Å². The monoisotopic (exact) mass is 431 g/mol. The standard InChI is InChI=1S/C22H25NO6S/c1-4-16-14(3)30-21(20(16)22(27)28-5-2)23-18(25)13-29-19(26)12-11-17(24)15-9-7-6-8-10-15/h6-10H,4-5,11-13H2,1-3H3,(H,23,25). The number of ether oxygens (including phenoxy) is 2. The Morgan fingerprint density at radius 1 is 1.00 bits per heavy atom. The van der Waals surface area contributed by atoms with Crippen molar-refractivity contribution in [1.82, 2.24) is 0 Å². The SMILES string of the molecule is CCOC(=O)c1c(NC(=O)COC(=O)CCC(=O)c2ccccc2)sc(C)c1CC. The number of carbonyl (C=O) groups is 4. The first-order valence-corrected chi connectivity index (χ1v) is 10.5. The number of hydrogen-bond donors (Lipinski definition) is 1. The molecule has 160 valence electrons. The summed E-state index contributed by atoms with van der Waals surface area (Å²) in [5.74, 6) is -1.87. The minimum atomic E-state index is -0.642. The van der Waals surface area contributed by atoms with Gasteiger partial charge >= 0.3 is 11.9 Å². The fraction of sp³-hybridized carbons (Fsp3) is 0.364. The number of carbonyl (C=O) groups excluding carboxylic acids is 4. The zero-order chi connectivity index (χ0) is 22.1. The third-order valence-corrected chi connectivity index (χ3v) is 5.37. The van der Waals surface area contributed by atoms with Crippen molar-refractivity contribution >= 4 is 40.0 Å². The van der Waals surface area contributed by atoms with Crippen molar-refractivity contribution in [3.05, 3.63) is 51.9 Å². The van der Waals surface area contributed by atoms with E-state index in [-0.39, 0.29) is 25.2 Å². The summed E-state index contributed by atoms with van der Waals surface area (Å²) in [7, 11) is 0. The van der Waals surface area contributed by atoms with E-state index < -0.39 is 24.5 Å². The van der Waals surface area contributed by atoms with Crippen LogP contribution in [0.1, 0.15) is 57.8 Å². The van der Waals surface area contributed by atoms with Crippen LogP contribution < -0.4 is 5.32 Å². The second-order valence-corrected chi connectivity index (χ2v) is 7.64. The van der Waals surface area contributed by atoms with Gasteiger partial charge in [0, 0.05) is 16.9 Å². The van der Waals surface area contributed by atoms with Gasteiger partial charge < -0.3 is 14.8 Å². The Hall–Kier alpha value is -3.00. The Kier molecular flexibility index (Phi) is 8.73. The van der Waals surface area contributed by atoms with E-state index in [1.54, 1.807) is 37.3 Å². The predicted octanol–water partition coefficient (Wildman–Crippen LogP) is 3.94. The quantitative estimate of drug-likeness (QED) is 0.452. The van der Waals surface area contributed by atoms with E-state index in [0.29, 0.717) is 22.5 Å². The van der Waals surface area contributed by atoms with Crippen molar-refractivity contribution in [2.45, 2.75) is 40.0 Å². The number of esters is 2. The zero-order valence-electron chi connectivity index (χ0n) is 17.3. The Bertz CT molecular complexity index is 919. The molecule has 0 aliphatic heterocycles. The molecule has 1 aromatic heterocycles. The van der Waals surface area contributed by atoms with Crippen molar-refractivity contribution in [2.75, 3.05) is 18.5 Å². The highest BCUT2D eigenvalue weighted by atomic mass is 32.1. The van der Waals surface area contributed by atoms with Gasteiger partial charge in [0.2, 0.25) is 0 Å². The van der Waals surface area contributed by atoms with Crippen LogP contribution in [0.4, 0.5) is 5.00 Å². The first kappa shape index (κ1) is 23.3. The largest absolute Gasteiger partial charge is 0.462 e. The molecule has 0 aliphatic rings. The van der Waals surface area contributed by atoms with Crippen LogP contribution >= 0.6 is 11.3 Å². The molecule has 0 spiro atoms. The number of ketones is 1. The fourth-order valence-corrected chi connectivity index (χ4v) is 4.03. The van der Waals surface area contributed by atoms with Crippen molar-refractivity contribution in [2.24, 2.45) is 0 Å². The molecule has 1 amide bonds. The first-order chi connectivity index (χ1) is 14.4. The van der Waals surface area contributed by atoms with E-state index in [0.717, 1.165) is 10.4 Å². The average molecular weight is 432 g/mol. The highest BCUT2D eigenvalue weighted by molar-refractivity contribution is 7.16. The topological polar surface area (TPSA) is 98.8 Å². The molecule has 0 saturated carbocycles. The Morgan fingerprint density at radius 2 is 1.70 bits per heavy atom. The summed E-state index contributed by atoms with van der Waals surface area (Å²) in [5, 5.41) is 3.00. The number of hydrogen-bond acceptors (Lipinski definition) is 7. The summed E-state index contributed by atoms with van der Waals surface area (Å²) in [6, 6.07) is 8.65. The van der Waals surface area contributed by atoms with Gasteiger partial charge in [-0.25, -0.2) is 4.79 Å². The highest BCUT2D eigenvalue weighted by Gasteiger charge is 2.23. The molecule has 0 fully saturated rings. The normalized spacial score (nSPS) is 10.4. The van der Waals surface area contributed by atoms with E-state index in [2.05, 4.69) is 5.32 Å². The summed E-state index contributed by atoms with van der Waals surface area (Å²) >= 11 is 1.28. The molecule has 1 N–H and O–H groups in total. The second-order valence-electron chi connectivity index (χ2n) is 6.41. The van der Waals surface area contributed by atoms with Gasteiger partial charge in [0.25, 0.3) is 5.91 Å². The smallest absolute Gasteiger partial charge is 0.341 e. The van der Waals surface area contributed by atoms with Crippen LogP contribution in [0, 0.1) is 6.92 Å². The van der Waals surface area contributed by atoms with Gasteiger partial charge in [-0.2, -0.15) is 0 Å². The first-order valence-electron chi connectivity index (χ1n) is 9.70. The summed E-state index contributed by atoms with van der Waals surface area (Å²) in [6.45, 7) is 5.22. The molecule has 2 rings (SSSR count). The van der Waals surface area contributed by atoms with E-state index in [1.165, 1.54) is 11.3 Å². The molecular weight excluding hydrogens is 406 g/mol. The lowest BCUT2D eigenvalue weighted by Crippen LogP contribution is -2.22. The lowest BCUT2D eigenvalue weighted by atomic mass is 10.1. The van der Waals surface area contributed by atoms with Crippen LogP contribution in [-0.2, 0) is 25.5 Å². The molecule has 0 bridgehead atoms. The van der Waals surface area contributed by atoms with Crippen molar-refractivity contribution in [1.29, 1.82) is 0 Å².